The van der Waals surface area contributed by atoms with Gasteiger partial charge in [0.05, 0.1) is 17.8 Å². The van der Waals surface area contributed by atoms with Crippen molar-refractivity contribution in [2.45, 2.75) is 58.7 Å². The van der Waals surface area contributed by atoms with Crippen LogP contribution in [0.25, 0.3) is 0 Å². The summed E-state index contributed by atoms with van der Waals surface area (Å²) in [5, 5.41) is 0.484. The second-order valence-corrected chi connectivity index (χ2v) is 7.82. The Hall–Kier alpha value is -1.28. The van der Waals surface area contributed by atoms with Crippen molar-refractivity contribution in [2.75, 3.05) is 20.5 Å². The molecule has 0 spiro atoms. The maximum Gasteiger partial charge on any atom is 0.495 e. The van der Waals surface area contributed by atoms with Crippen molar-refractivity contribution in [1.29, 1.82) is 0 Å². The molecule has 0 aromatic heterocycles. The van der Waals surface area contributed by atoms with Gasteiger partial charge in [-0.05, 0) is 64.2 Å². The third-order valence-electron chi connectivity index (χ3n) is 4.94. The van der Waals surface area contributed by atoms with Gasteiger partial charge in [-0.25, -0.2) is 0 Å². The molecule has 150 valence electrons. The summed E-state index contributed by atoms with van der Waals surface area (Å²) in [5.41, 5.74) is 0.544. The molecular weight excluding hydrogens is 370 g/mol. The van der Waals surface area contributed by atoms with Gasteiger partial charge in [0.25, 0.3) is 0 Å². The third kappa shape index (κ3) is 5.16. The Balaban J connectivity index is 2.36. The number of benzene rings is 1. The molecule has 1 aromatic carbocycles. The van der Waals surface area contributed by atoms with Gasteiger partial charge >= 0.3 is 13.1 Å². The van der Waals surface area contributed by atoms with Gasteiger partial charge in [0.1, 0.15) is 5.75 Å². The summed E-state index contributed by atoms with van der Waals surface area (Å²) in [6.07, 6.45) is 0.639. The largest absolute Gasteiger partial charge is 0.495 e. The number of carbonyl (C=O) groups is 1. The maximum absolute atomic E-state index is 11.8. The predicted molar refractivity (Wildman–Crippen MR) is 105 cm³/mol. The van der Waals surface area contributed by atoms with E-state index in [0.717, 1.165) is 11.0 Å². The molecule has 8 heteroatoms. The lowest BCUT2D eigenvalue weighted by molar-refractivity contribution is -0.143. The fraction of sp³-hybridized carbons (Fsp3) is 0.632. The van der Waals surface area contributed by atoms with E-state index in [9.17, 15) is 4.79 Å². The molecule has 1 aromatic rings. The van der Waals surface area contributed by atoms with Crippen molar-refractivity contribution >= 4 is 30.2 Å². The lowest BCUT2D eigenvalue weighted by Gasteiger charge is -2.32. The number of ether oxygens (including phenoxy) is 3. The summed E-state index contributed by atoms with van der Waals surface area (Å²) in [6.45, 7) is 10.2. The second kappa shape index (κ2) is 8.82. The minimum absolute atomic E-state index is 0.0985. The van der Waals surface area contributed by atoms with E-state index in [-0.39, 0.29) is 19.2 Å². The molecule has 0 radical (unpaired) electrons. The van der Waals surface area contributed by atoms with E-state index in [1.165, 1.54) is 0 Å². The lowest BCUT2D eigenvalue weighted by atomic mass is 9.75. The third-order valence-corrected chi connectivity index (χ3v) is 5.28. The molecule has 2 rings (SSSR count). The first-order valence-electron chi connectivity index (χ1n) is 9.06. The number of hydrogen-bond acceptors (Lipinski definition) is 6. The van der Waals surface area contributed by atoms with Gasteiger partial charge < -0.3 is 23.5 Å². The highest BCUT2D eigenvalue weighted by Gasteiger charge is 2.52. The van der Waals surface area contributed by atoms with Crippen LogP contribution < -0.4 is 10.2 Å². The summed E-state index contributed by atoms with van der Waals surface area (Å²) in [4.78, 5) is 11.8. The molecule has 0 saturated carbocycles. The number of carbonyl (C=O) groups excluding carboxylic acids is 1. The zero-order chi connectivity index (χ0) is 20.2. The fourth-order valence-electron chi connectivity index (χ4n) is 2.75. The standard InChI is InChI=1S/C19H28BClO6/c1-7-24-17(22)9-8-14-15(10-13(11-16(14)21)25-12-23-6)20-26-18(2,3)19(4,5)27-20/h10-11H,7-9,12H2,1-6H3. The highest BCUT2D eigenvalue weighted by Crippen LogP contribution is 2.37. The zero-order valence-electron chi connectivity index (χ0n) is 16.9. The molecule has 27 heavy (non-hydrogen) atoms. The van der Waals surface area contributed by atoms with E-state index in [4.69, 9.17) is 35.1 Å². The Morgan fingerprint density at radius 2 is 1.81 bits per heavy atom. The van der Waals surface area contributed by atoms with Gasteiger partial charge in [0, 0.05) is 18.6 Å². The first-order chi connectivity index (χ1) is 12.6. The molecule has 0 atom stereocenters. The van der Waals surface area contributed by atoms with Gasteiger partial charge in [-0.2, -0.15) is 0 Å². The van der Waals surface area contributed by atoms with Crippen LogP contribution in [0.5, 0.6) is 5.75 Å². The van der Waals surface area contributed by atoms with E-state index < -0.39 is 18.3 Å². The number of esters is 1. The Morgan fingerprint density at radius 3 is 2.37 bits per heavy atom. The van der Waals surface area contributed by atoms with Crippen LogP contribution in [-0.4, -0.2) is 44.8 Å². The first-order valence-corrected chi connectivity index (χ1v) is 9.44. The summed E-state index contributed by atoms with van der Waals surface area (Å²) < 4.78 is 27.9. The average Bonchev–Trinajstić information content (AvgIpc) is 2.79. The van der Waals surface area contributed by atoms with Gasteiger partial charge in [0.2, 0.25) is 0 Å². The molecule has 0 bridgehead atoms. The first kappa shape index (κ1) is 22.0. The van der Waals surface area contributed by atoms with Crippen LogP contribution in [0.3, 0.4) is 0 Å². The topological polar surface area (TPSA) is 63.2 Å². The van der Waals surface area contributed by atoms with Crippen LogP contribution in [0, 0.1) is 0 Å². The molecule has 0 N–H and O–H groups in total. The van der Waals surface area contributed by atoms with Crippen molar-refractivity contribution in [1.82, 2.24) is 0 Å². The molecule has 1 saturated heterocycles. The summed E-state index contributed by atoms with van der Waals surface area (Å²) in [5.74, 6) is 0.277. The van der Waals surface area contributed by atoms with E-state index in [1.807, 2.05) is 33.8 Å². The summed E-state index contributed by atoms with van der Waals surface area (Å²) >= 11 is 6.51. The summed E-state index contributed by atoms with van der Waals surface area (Å²) in [7, 11) is 0.931. The maximum atomic E-state index is 11.8. The van der Waals surface area contributed by atoms with Crippen LogP contribution >= 0.6 is 11.6 Å². The number of rotatable bonds is 8. The predicted octanol–water partition coefficient (Wildman–Crippen LogP) is 3.12. The minimum atomic E-state index is -0.615. The molecule has 0 unspecified atom stereocenters. The molecule has 0 amide bonds. The van der Waals surface area contributed by atoms with E-state index in [0.29, 0.717) is 23.8 Å². The molecule has 1 aliphatic heterocycles. The van der Waals surface area contributed by atoms with Crippen molar-refractivity contribution in [3.05, 3.63) is 22.7 Å². The van der Waals surface area contributed by atoms with Gasteiger partial charge in [-0.1, -0.05) is 11.6 Å². The zero-order valence-corrected chi connectivity index (χ0v) is 17.6. The Bertz CT molecular complexity index is 660. The van der Waals surface area contributed by atoms with E-state index >= 15 is 0 Å². The van der Waals surface area contributed by atoms with Crippen LogP contribution in [0.4, 0.5) is 0 Å². The average molecular weight is 399 g/mol. The van der Waals surface area contributed by atoms with E-state index in [1.54, 1.807) is 20.1 Å². The monoisotopic (exact) mass is 398 g/mol. The Labute approximate surface area is 166 Å². The van der Waals surface area contributed by atoms with Crippen LogP contribution in [0.15, 0.2) is 12.1 Å². The smallest absolute Gasteiger partial charge is 0.468 e. The van der Waals surface area contributed by atoms with Crippen molar-refractivity contribution in [3.8, 4) is 5.75 Å². The quantitative estimate of drug-likeness (QED) is 0.381. The number of methoxy groups -OCH3 is 1. The van der Waals surface area contributed by atoms with Crippen LogP contribution in [-0.2, 0) is 30.0 Å². The van der Waals surface area contributed by atoms with Gasteiger partial charge in [-0.15, -0.1) is 0 Å². The summed E-state index contributed by atoms with van der Waals surface area (Å²) in [6, 6.07) is 3.53. The van der Waals surface area contributed by atoms with Crippen molar-refractivity contribution in [3.63, 3.8) is 0 Å². The molecular formula is C19H28BClO6. The fourth-order valence-corrected chi connectivity index (χ4v) is 3.06. The second-order valence-electron chi connectivity index (χ2n) is 7.42. The molecule has 6 nitrogen and oxygen atoms in total. The Morgan fingerprint density at radius 1 is 1.19 bits per heavy atom. The highest BCUT2D eigenvalue weighted by atomic mass is 35.5. The molecule has 1 heterocycles. The molecule has 1 fully saturated rings. The van der Waals surface area contributed by atoms with Gasteiger partial charge in [0.15, 0.2) is 6.79 Å². The minimum Gasteiger partial charge on any atom is -0.468 e. The lowest BCUT2D eigenvalue weighted by Crippen LogP contribution is -2.41. The van der Waals surface area contributed by atoms with Crippen molar-refractivity contribution < 1.29 is 28.3 Å². The highest BCUT2D eigenvalue weighted by molar-refractivity contribution is 6.63. The number of halogens is 1. The van der Waals surface area contributed by atoms with Crippen molar-refractivity contribution in [2.24, 2.45) is 0 Å². The van der Waals surface area contributed by atoms with E-state index in [2.05, 4.69) is 0 Å². The van der Waals surface area contributed by atoms with Gasteiger partial charge in [-0.3, -0.25) is 4.79 Å². The van der Waals surface area contributed by atoms with Crippen LogP contribution in [0.2, 0.25) is 5.02 Å². The Kier molecular flexibility index (Phi) is 7.19. The SMILES string of the molecule is CCOC(=O)CCc1c(Cl)cc(OCOC)cc1B1OC(C)(C)C(C)(C)O1. The normalized spacial score (nSPS) is 17.8. The molecule has 0 aliphatic carbocycles. The van der Waals surface area contributed by atoms with Crippen LogP contribution in [0.1, 0.15) is 46.6 Å². The number of hydrogen-bond donors (Lipinski definition) is 0. The molecule has 1 aliphatic rings.